The quantitative estimate of drug-likeness (QED) is 0.547. The maximum atomic E-state index is 12.8. The Labute approximate surface area is 188 Å². The number of hydrogen-bond acceptors (Lipinski definition) is 6. The van der Waals surface area contributed by atoms with Gasteiger partial charge in [-0.15, -0.1) is 11.3 Å². The zero-order chi connectivity index (χ0) is 21.3. The molecule has 30 heavy (non-hydrogen) atoms. The Hall–Kier alpha value is -2.33. The van der Waals surface area contributed by atoms with E-state index in [0.29, 0.717) is 29.4 Å². The number of amides is 1. The molecule has 3 aromatic rings. The van der Waals surface area contributed by atoms with Gasteiger partial charge in [-0.25, -0.2) is 13.4 Å². The van der Waals surface area contributed by atoms with Crippen LogP contribution in [0.4, 0.5) is 10.8 Å². The van der Waals surface area contributed by atoms with Crippen LogP contribution in [-0.2, 0) is 14.8 Å². The lowest BCUT2D eigenvalue weighted by molar-refractivity contribution is -0.122. The number of anilines is 2. The number of aromatic nitrogens is 1. The van der Waals surface area contributed by atoms with Gasteiger partial charge >= 0.3 is 0 Å². The van der Waals surface area contributed by atoms with Gasteiger partial charge in [-0.3, -0.25) is 9.52 Å². The highest BCUT2D eigenvalue weighted by molar-refractivity contribution is 7.93. The van der Waals surface area contributed by atoms with Crippen molar-refractivity contribution in [3.63, 3.8) is 0 Å². The molecule has 1 aromatic heterocycles. The van der Waals surface area contributed by atoms with Crippen LogP contribution in [0.5, 0.6) is 5.75 Å². The van der Waals surface area contributed by atoms with Crippen molar-refractivity contribution in [1.29, 1.82) is 0 Å². The minimum atomic E-state index is -3.75. The zero-order valence-corrected chi connectivity index (χ0v) is 18.4. The molecule has 2 aromatic carbocycles. The van der Waals surface area contributed by atoms with E-state index in [2.05, 4.69) is 9.71 Å². The molecule has 0 spiro atoms. The lowest BCUT2D eigenvalue weighted by Crippen LogP contribution is -2.32. The summed E-state index contributed by atoms with van der Waals surface area (Å²) in [5.74, 6) is 0.113. The van der Waals surface area contributed by atoms with Gasteiger partial charge in [-0.2, -0.15) is 0 Å². The van der Waals surface area contributed by atoms with Crippen LogP contribution in [0.15, 0.2) is 58.9 Å². The standard InChI is InChI=1S/C19H15Cl2N3O4S2.H2/c20-14-2-1-3-15(17(14)21)28-16-8-10-24(18(16)25)12-4-6-13(7-5-12)30(26,27)23-19-22-9-11-29-19;/h1-7,9,11,16H,8,10H2,(H,22,23);1H. The molecule has 0 saturated carbocycles. The largest absolute Gasteiger partial charge is 0.479 e. The van der Waals surface area contributed by atoms with Crippen LogP contribution in [0, 0.1) is 0 Å². The highest BCUT2D eigenvalue weighted by atomic mass is 35.5. The van der Waals surface area contributed by atoms with Crippen LogP contribution < -0.4 is 14.4 Å². The van der Waals surface area contributed by atoms with Gasteiger partial charge in [0.15, 0.2) is 11.2 Å². The molecule has 1 fully saturated rings. The fourth-order valence-electron chi connectivity index (χ4n) is 3.00. The third-order valence-corrected chi connectivity index (χ3v) is 7.43. The topological polar surface area (TPSA) is 88.6 Å². The molecule has 158 valence electrons. The van der Waals surface area contributed by atoms with E-state index in [1.54, 1.807) is 40.6 Å². The minimum Gasteiger partial charge on any atom is -0.479 e. The second-order valence-corrected chi connectivity index (χ2v) is 9.74. The first-order valence-electron chi connectivity index (χ1n) is 8.79. The highest BCUT2D eigenvalue weighted by Crippen LogP contribution is 2.34. The molecule has 1 aliphatic rings. The second kappa shape index (κ2) is 8.43. The first-order chi connectivity index (χ1) is 14.3. The molecule has 1 aliphatic heterocycles. The molecule has 2 heterocycles. The summed E-state index contributed by atoms with van der Waals surface area (Å²) in [5, 5.41) is 2.57. The normalized spacial score (nSPS) is 16.7. The summed E-state index contributed by atoms with van der Waals surface area (Å²) in [6, 6.07) is 11.0. The molecule has 1 saturated heterocycles. The van der Waals surface area contributed by atoms with Crippen LogP contribution in [0.1, 0.15) is 7.85 Å². The Morgan fingerprint density at radius 1 is 1.20 bits per heavy atom. The average Bonchev–Trinajstić information content (AvgIpc) is 3.35. The summed E-state index contributed by atoms with van der Waals surface area (Å²) < 4.78 is 33.1. The van der Waals surface area contributed by atoms with Crippen LogP contribution in [-0.4, -0.2) is 32.0 Å². The van der Waals surface area contributed by atoms with E-state index in [1.807, 2.05) is 0 Å². The van der Waals surface area contributed by atoms with Gasteiger partial charge in [0.2, 0.25) is 0 Å². The SMILES string of the molecule is O=C1C(Oc2cccc(Cl)c2Cl)CCN1c1ccc(S(=O)(=O)Nc2nccs2)cc1.[HH]. The number of rotatable bonds is 6. The third kappa shape index (κ3) is 4.24. The van der Waals surface area contributed by atoms with Crippen molar-refractivity contribution in [2.45, 2.75) is 17.4 Å². The number of ether oxygens (including phenoxy) is 1. The molecule has 0 aliphatic carbocycles. The molecule has 0 bridgehead atoms. The van der Waals surface area contributed by atoms with Crippen LogP contribution in [0.3, 0.4) is 0 Å². The van der Waals surface area contributed by atoms with Crippen molar-refractivity contribution in [2.75, 3.05) is 16.2 Å². The number of benzene rings is 2. The van der Waals surface area contributed by atoms with Crippen molar-refractivity contribution < 1.29 is 19.4 Å². The van der Waals surface area contributed by atoms with Gasteiger partial charge in [-0.05, 0) is 36.4 Å². The summed E-state index contributed by atoms with van der Waals surface area (Å²) in [5.41, 5.74) is 0.580. The Morgan fingerprint density at radius 2 is 1.97 bits per heavy atom. The number of hydrogen-bond donors (Lipinski definition) is 1. The van der Waals surface area contributed by atoms with E-state index >= 15 is 0 Å². The number of halogens is 2. The molecular formula is C19H17Cl2N3O4S2. The lowest BCUT2D eigenvalue weighted by atomic mass is 10.3. The second-order valence-electron chi connectivity index (χ2n) is 6.37. The number of sulfonamides is 1. The summed E-state index contributed by atoms with van der Waals surface area (Å²) in [4.78, 5) is 18.3. The van der Waals surface area contributed by atoms with Gasteiger partial charge in [0.25, 0.3) is 15.9 Å². The van der Waals surface area contributed by atoms with Crippen molar-refractivity contribution in [1.82, 2.24) is 4.98 Å². The number of thiazole rings is 1. The van der Waals surface area contributed by atoms with Gasteiger partial charge < -0.3 is 9.64 Å². The van der Waals surface area contributed by atoms with Crippen molar-refractivity contribution in [3.05, 3.63) is 64.1 Å². The summed E-state index contributed by atoms with van der Waals surface area (Å²) in [6.45, 7) is 0.436. The Kier molecular flexibility index (Phi) is 5.88. The van der Waals surface area contributed by atoms with Crippen molar-refractivity contribution in [3.8, 4) is 5.75 Å². The summed E-state index contributed by atoms with van der Waals surface area (Å²) >= 11 is 13.3. The molecule has 1 amide bonds. The fraction of sp³-hybridized carbons (Fsp3) is 0.158. The first-order valence-corrected chi connectivity index (χ1v) is 11.9. The first kappa shape index (κ1) is 20.9. The van der Waals surface area contributed by atoms with E-state index in [9.17, 15) is 13.2 Å². The maximum absolute atomic E-state index is 12.8. The van der Waals surface area contributed by atoms with Crippen molar-refractivity contribution >= 4 is 61.3 Å². The van der Waals surface area contributed by atoms with Gasteiger partial charge in [0.1, 0.15) is 10.8 Å². The van der Waals surface area contributed by atoms with Crippen LogP contribution >= 0.6 is 34.5 Å². The Morgan fingerprint density at radius 3 is 2.67 bits per heavy atom. The van der Waals surface area contributed by atoms with E-state index in [0.717, 1.165) is 0 Å². The molecular weight excluding hydrogens is 469 g/mol. The molecule has 0 radical (unpaired) electrons. The maximum Gasteiger partial charge on any atom is 0.268 e. The van der Waals surface area contributed by atoms with Gasteiger partial charge in [-0.1, -0.05) is 29.3 Å². The molecule has 11 heteroatoms. The highest BCUT2D eigenvalue weighted by Gasteiger charge is 2.35. The van der Waals surface area contributed by atoms with Crippen LogP contribution in [0.25, 0.3) is 0 Å². The molecule has 7 nitrogen and oxygen atoms in total. The third-order valence-electron chi connectivity index (χ3n) is 4.45. The van der Waals surface area contributed by atoms with E-state index in [-0.39, 0.29) is 22.4 Å². The Bertz CT molecular complexity index is 1180. The Balaban J connectivity index is 0.00000272. The predicted molar refractivity (Wildman–Crippen MR) is 119 cm³/mol. The number of carbonyl (C=O) groups excluding carboxylic acids is 1. The molecule has 4 rings (SSSR count). The van der Waals surface area contributed by atoms with Crippen molar-refractivity contribution in [2.24, 2.45) is 0 Å². The average molecular weight is 486 g/mol. The smallest absolute Gasteiger partial charge is 0.268 e. The number of nitrogens with zero attached hydrogens (tertiary/aromatic N) is 2. The monoisotopic (exact) mass is 485 g/mol. The predicted octanol–water partition coefficient (Wildman–Crippen LogP) is 4.68. The summed E-state index contributed by atoms with van der Waals surface area (Å²) in [7, 11) is -3.75. The lowest BCUT2D eigenvalue weighted by Gasteiger charge is -2.18. The van der Waals surface area contributed by atoms with Gasteiger partial charge in [0.05, 0.1) is 9.92 Å². The zero-order valence-electron chi connectivity index (χ0n) is 15.3. The molecule has 1 unspecified atom stereocenters. The van der Waals surface area contributed by atoms with E-state index in [1.165, 1.54) is 29.7 Å². The van der Waals surface area contributed by atoms with E-state index in [4.69, 9.17) is 27.9 Å². The molecule has 1 N–H and O–H groups in total. The van der Waals surface area contributed by atoms with Gasteiger partial charge in [0, 0.05) is 31.7 Å². The minimum absolute atomic E-state index is 0. The summed E-state index contributed by atoms with van der Waals surface area (Å²) in [6.07, 6.45) is 1.28. The van der Waals surface area contributed by atoms with Crippen LogP contribution in [0.2, 0.25) is 10.0 Å². The fourth-order valence-corrected chi connectivity index (χ4v) is 5.13. The molecule has 1 atom stereocenters. The van der Waals surface area contributed by atoms with E-state index < -0.39 is 16.1 Å². The number of carbonyl (C=O) groups is 1. The number of nitrogens with one attached hydrogen (secondary N) is 1.